The minimum Gasteiger partial charge on any atom is -0.496 e. The van der Waals surface area contributed by atoms with Crippen molar-refractivity contribution in [2.24, 2.45) is 0 Å². The molecule has 2 atom stereocenters. The molecule has 1 saturated heterocycles. The standard InChI is InChI=1S/C28H27FN6O3/c1-38-25-4-2-3-21(29)20(25)15-34-11-9-24(36)23(16-34)31-28(37)17-5-7-22-19(13-17)27(33-32-22)18-6-8-26-30-10-12-35(26)14-18/h2-8,10,12-14,23-24,36H,9,11,15-16H2,1H3,(H,31,37)(H,32,33). The predicted octanol–water partition coefficient (Wildman–Crippen LogP) is 3.39. The number of ether oxygens (including phenoxy) is 1. The Balaban J connectivity index is 1.21. The molecule has 1 aliphatic heterocycles. The quantitative estimate of drug-likeness (QED) is 0.321. The van der Waals surface area contributed by atoms with Crippen LogP contribution in [-0.2, 0) is 6.54 Å². The van der Waals surface area contributed by atoms with E-state index in [1.807, 2.05) is 39.9 Å². The molecule has 194 valence electrons. The van der Waals surface area contributed by atoms with Crippen molar-refractivity contribution in [1.29, 1.82) is 0 Å². The van der Waals surface area contributed by atoms with Crippen LogP contribution in [0.2, 0.25) is 0 Å². The topological polar surface area (TPSA) is 108 Å². The van der Waals surface area contributed by atoms with Crippen molar-refractivity contribution >= 4 is 22.5 Å². The summed E-state index contributed by atoms with van der Waals surface area (Å²) in [5, 5.41) is 21.9. The molecule has 10 heteroatoms. The number of amides is 1. The lowest BCUT2D eigenvalue weighted by Gasteiger charge is -2.36. The second kappa shape index (κ2) is 9.88. The lowest BCUT2D eigenvalue weighted by atomic mass is 10.00. The highest BCUT2D eigenvalue weighted by Crippen LogP contribution is 2.28. The highest BCUT2D eigenvalue weighted by Gasteiger charge is 2.30. The molecule has 1 aliphatic rings. The number of hydrogen-bond acceptors (Lipinski definition) is 6. The third-order valence-electron chi connectivity index (χ3n) is 7.14. The SMILES string of the molecule is COc1cccc(F)c1CN1CCC(O)C(NC(=O)c2ccc3[nH]nc(-c4ccc5nccn5c4)c3c2)C1. The van der Waals surface area contributed by atoms with E-state index in [0.29, 0.717) is 42.9 Å². The highest BCUT2D eigenvalue weighted by molar-refractivity contribution is 6.01. The number of methoxy groups -OCH3 is 1. The van der Waals surface area contributed by atoms with Gasteiger partial charge in [0.05, 0.1) is 24.8 Å². The summed E-state index contributed by atoms with van der Waals surface area (Å²) in [5.74, 6) is -0.154. The first-order valence-electron chi connectivity index (χ1n) is 12.4. The number of H-pyrrole nitrogens is 1. The molecule has 0 saturated carbocycles. The number of aromatic nitrogens is 4. The van der Waals surface area contributed by atoms with Crippen LogP contribution in [0.4, 0.5) is 4.39 Å². The lowest BCUT2D eigenvalue weighted by molar-refractivity contribution is 0.0404. The van der Waals surface area contributed by atoms with E-state index >= 15 is 0 Å². The third-order valence-corrected chi connectivity index (χ3v) is 7.14. The van der Waals surface area contributed by atoms with Gasteiger partial charge in [0.25, 0.3) is 5.91 Å². The largest absolute Gasteiger partial charge is 0.496 e. The molecule has 38 heavy (non-hydrogen) atoms. The summed E-state index contributed by atoms with van der Waals surface area (Å²) in [6, 6.07) is 13.5. The van der Waals surface area contributed by atoms with Crippen molar-refractivity contribution in [1.82, 2.24) is 29.8 Å². The molecule has 1 amide bonds. The Morgan fingerprint density at radius 3 is 3.03 bits per heavy atom. The second-order valence-corrected chi connectivity index (χ2v) is 9.53. The van der Waals surface area contributed by atoms with E-state index in [2.05, 4.69) is 20.5 Å². The number of piperidine rings is 1. The van der Waals surface area contributed by atoms with Crippen LogP contribution in [0, 0.1) is 5.82 Å². The summed E-state index contributed by atoms with van der Waals surface area (Å²) < 4.78 is 21.7. The number of aliphatic hydroxyl groups excluding tert-OH is 1. The maximum atomic E-state index is 14.5. The van der Waals surface area contributed by atoms with Gasteiger partial charge in [0.2, 0.25) is 0 Å². The van der Waals surface area contributed by atoms with E-state index in [1.165, 1.54) is 13.2 Å². The number of hydrogen-bond donors (Lipinski definition) is 3. The van der Waals surface area contributed by atoms with Gasteiger partial charge in [-0.05, 0) is 48.9 Å². The number of nitrogens with zero attached hydrogens (tertiary/aromatic N) is 4. The first-order valence-corrected chi connectivity index (χ1v) is 12.4. The number of aliphatic hydroxyl groups is 1. The third kappa shape index (κ3) is 4.48. The number of fused-ring (bicyclic) bond motifs is 2. The molecule has 4 heterocycles. The molecule has 3 N–H and O–H groups in total. The number of carbonyl (C=O) groups is 1. The molecule has 3 aromatic heterocycles. The number of nitrogens with one attached hydrogen (secondary N) is 2. The first kappa shape index (κ1) is 24.1. The van der Waals surface area contributed by atoms with Crippen molar-refractivity contribution in [3.63, 3.8) is 0 Å². The van der Waals surface area contributed by atoms with E-state index < -0.39 is 12.1 Å². The zero-order valence-electron chi connectivity index (χ0n) is 20.8. The summed E-state index contributed by atoms with van der Waals surface area (Å²) >= 11 is 0. The molecule has 9 nitrogen and oxygen atoms in total. The minimum absolute atomic E-state index is 0.293. The minimum atomic E-state index is -0.701. The number of pyridine rings is 1. The van der Waals surface area contributed by atoms with Gasteiger partial charge in [-0.25, -0.2) is 9.37 Å². The molecule has 0 spiro atoms. The van der Waals surface area contributed by atoms with E-state index in [9.17, 15) is 14.3 Å². The van der Waals surface area contributed by atoms with E-state index in [1.54, 1.807) is 30.5 Å². The number of imidazole rings is 1. The summed E-state index contributed by atoms with van der Waals surface area (Å²) in [7, 11) is 1.51. The number of carbonyl (C=O) groups excluding carboxylic acids is 1. The number of likely N-dealkylation sites (tertiary alicyclic amines) is 1. The van der Waals surface area contributed by atoms with Gasteiger partial charge in [-0.1, -0.05) is 6.07 Å². The summed E-state index contributed by atoms with van der Waals surface area (Å²) in [6.07, 6.45) is 5.31. The van der Waals surface area contributed by atoms with Crippen molar-refractivity contribution in [2.45, 2.75) is 25.1 Å². The van der Waals surface area contributed by atoms with Crippen LogP contribution < -0.4 is 10.1 Å². The Morgan fingerprint density at radius 2 is 2.16 bits per heavy atom. The van der Waals surface area contributed by atoms with Crippen LogP contribution >= 0.6 is 0 Å². The number of benzene rings is 2. The molecule has 2 aromatic carbocycles. The molecule has 0 bridgehead atoms. The van der Waals surface area contributed by atoms with E-state index in [-0.39, 0.29) is 11.7 Å². The number of aromatic amines is 1. The Hall–Kier alpha value is -4.28. The van der Waals surface area contributed by atoms with Crippen LogP contribution in [0.1, 0.15) is 22.3 Å². The predicted molar refractivity (Wildman–Crippen MR) is 140 cm³/mol. The van der Waals surface area contributed by atoms with E-state index in [0.717, 1.165) is 27.8 Å². The van der Waals surface area contributed by atoms with E-state index in [4.69, 9.17) is 4.74 Å². The fraction of sp³-hybridized carbons (Fsp3) is 0.250. The average molecular weight is 515 g/mol. The van der Waals surface area contributed by atoms with Gasteiger partial charge in [0.1, 0.15) is 22.9 Å². The van der Waals surface area contributed by atoms with Crippen LogP contribution in [0.5, 0.6) is 5.75 Å². The van der Waals surface area contributed by atoms with Gasteiger partial charge in [0.15, 0.2) is 0 Å². The molecule has 1 fully saturated rings. The number of halogens is 1. The number of rotatable bonds is 6. The fourth-order valence-electron chi connectivity index (χ4n) is 5.09. The summed E-state index contributed by atoms with van der Waals surface area (Å²) in [6.45, 7) is 1.28. The van der Waals surface area contributed by atoms with Gasteiger partial charge in [0, 0.05) is 60.3 Å². The Labute approximate surface area is 217 Å². The molecular formula is C28H27FN6O3. The molecule has 2 unspecified atom stereocenters. The molecule has 0 aliphatic carbocycles. The summed E-state index contributed by atoms with van der Waals surface area (Å²) in [5.41, 5.74) is 4.19. The molecule has 0 radical (unpaired) electrons. The normalized spacial score (nSPS) is 18.2. The van der Waals surface area contributed by atoms with Crippen molar-refractivity contribution in [2.75, 3.05) is 20.2 Å². The first-order chi connectivity index (χ1) is 18.5. The smallest absolute Gasteiger partial charge is 0.251 e. The van der Waals surface area contributed by atoms with Crippen molar-refractivity contribution < 1.29 is 19.0 Å². The maximum Gasteiger partial charge on any atom is 0.251 e. The molecule has 5 aromatic rings. The highest BCUT2D eigenvalue weighted by atomic mass is 19.1. The second-order valence-electron chi connectivity index (χ2n) is 9.53. The van der Waals surface area contributed by atoms with Crippen LogP contribution in [0.3, 0.4) is 0 Å². The zero-order valence-corrected chi connectivity index (χ0v) is 20.8. The Kier molecular flexibility index (Phi) is 6.26. The van der Waals surface area contributed by atoms with Crippen LogP contribution in [-0.4, -0.2) is 67.8 Å². The molecule has 6 rings (SSSR count). The van der Waals surface area contributed by atoms with Gasteiger partial charge in [-0.15, -0.1) is 0 Å². The summed E-state index contributed by atoms with van der Waals surface area (Å²) in [4.78, 5) is 19.6. The molecular weight excluding hydrogens is 487 g/mol. The monoisotopic (exact) mass is 514 g/mol. The van der Waals surface area contributed by atoms with Gasteiger partial charge in [-0.2, -0.15) is 5.10 Å². The average Bonchev–Trinajstić information content (AvgIpc) is 3.57. The van der Waals surface area contributed by atoms with Crippen LogP contribution in [0.15, 0.2) is 67.1 Å². The maximum absolute atomic E-state index is 14.5. The van der Waals surface area contributed by atoms with Crippen molar-refractivity contribution in [3.8, 4) is 17.0 Å². The van der Waals surface area contributed by atoms with Gasteiger partial charge < -0.3 is 19.6 Å². The lowest BCUT2D eigenvalue weighted by Crippen LogP contribution is -2.54. The Bertz CT molecular complexity index is 1630. The zero-order chi connectivity index (χ0) is 26.2. The van der Waals surface area contributed by atoms with Crippen molar-refractivity contribution in [3.05, 3.63) is 84.1 Å². The van der Waals surface area contributed by atoms with Crippen LogP contribution in [0.25, 0.3) is 27.8 Å². The van der Waals surface area contributed by atoms with Gasteiger partial charge in [-0.3, -0.25) is 14.8 Å². The Morgan fingerprint density at radius 1 is 1.26 bits per heavy atom. The fourth-order valence-corrected chi connectivity index (χ4v) is 5.09. The van der Waals surface area contributed by atoms with Gasteiger partial charge >= 0.3 is 0 Å².